The summed E-state index contributed by atoms with van der Waals surface area (Å²) in [5, 5.41) is 6.48. The van der Waals surface area contributed by atoms with Crippen LogP contribution in [0.3, 0.4) is 0 Å². The van der Waals surface area contributed by atoms with E-state index in [2.05, 4.69) is 20.6 Å². The average Bonchev–Trinajstić information content (AvgIpc) is 2.83. The Labute approximate surface area is 202 Å². The molecule has 0 amide bonds. The Balaban J connectivity index is 2.20. The van der Waals surface area contributed by atoms with Crippen molar-refractivity contribution in [1.82, 2.24) is 20.6 Å². The molecule has 0 aliphatic carbocycles. The minimum Gasteiger partial charge on any atom is -0.308 e. The van der Waals surface area contributed by atoms with Crippen molar-refractivity contribution in [2.24, 2.45) is 0 Å². The summed E-state index contributed by atoms with van der Waals surface area (Å²) in [4.78, 5) is 8.70. The largest absolute Gasteiger partial charge is 0.353 e. The maximum Gasteiger partial charge on any atom is 0.353 e. The molecule has 2 heterocycles. The van der Waals surface area contributed by atoms with E-state index in [4.69, 9.17) is 18.1 Å². The minimum absolute atomic E-state index is 0.230. The fourth-order valence-electron chi connectivity index (χ4n) is 3.34. The third kappa shape index (κ3) is 8.04. The van der Waals surface area contributed by atoms with Crippen LogP contribution in [0.4, 0.5) is 0 Å². The highest BCUT2D eigenvalue weighted by Gasteiger charge is 2.39. The minimum atomic E-state index is -3.55. The number of hydrogen-bond acceptors (Lipinski definition) is 10. The topological polar surface area (TPSA) is 121 Å². The zero-order valence-electron chi connectivity index (χ0n) is 20.3. The molecule has 10 nitrogen and oxygen atoms in total. The van der Waals surface area contributed by atoms with Crippen molar-refractivity contribution in [2.75, 3.05) is 39.5 Å². The van der Waals surface area contributed by atoms with Crippen LogP contribution in [0.5, 0.6) is 0 Å². The zero-order valence-corrected chi connectivity index (χ0v) is 22.0. The van der Waals surface area contributed by atoms with E-state index in [1.54, 1.807) is 64.4 Å². The van der Waals surface area contributed by atoms with Crippen LogP contribution in [-0.2, 0) is 27.2 Å². The van der Waals surface area contributed by atoms with Gasteiger partial charge in [-0.2, -0.15) is 0 Å². The molecule has 2 atom stereocenters. The van der Waals surface area contributed by atoms with Crippen molar-refractivity contribution in [2.45, 2.75) is 39.3 Å². The summed E-state index contributed by atoms with van der Waals surface area (Å²) in [5.74, 6) is -1.54. The third-order valence-corrected chi connectivity index (χ3v) is 9.24. The molecule has 2 unspecified atom stereocenters. The highest BCUT2D eigenvalue weighted by atomic mass is 31.2. The van der Waals surface area contributed by atoms with Crippen molar-refractivity contribution in [1.29, 1.82) is 0 Å². The van der Waals surface area contributed by atoms with E-state index in [9.17, 15) is 9.13 Å². The van der Waals surface area contributed by atoms with Crippen LogP contribution in [0, 0.1) is 0 Å². The Morgan fingerprint density at radius 2 is 1.03 bits per heavy atom. The van der Waals surface area contributed by atoms with Gasteiger partial charge in [0.15, 0.2) is 11.6 Å². The second-order valence-electron chi connectivity index (χ2n) is 6.97. The number of nitrogens with zero attached hydrogens (tertiary/aromatic N) is 2. The van der Waals surface area contributed by atoms with Gasteiger partial charge in [-0.25, -0.2) is 0 Å². The predicted octanol–water partition coefficient (Wildman–Crippen LogP) is 4.89. The summed E-state index contributed by atoms with van der Waals surface area (Å²) in [5.41, 5.74) is 1.09. The number of rotatable bonds is 17. The molecule has 0 fully saturated rings. The lowest BCUT2D eigenvalue weighted by atomic mass is 10.3. The molecule has 2 N–H and O–H groups in total. The molecule has 0 bridgehead atoms. The second kappa shape index (κ2) is 14.8. The van der Waals surface area contributed by atoms with Crippen LogP contribution in [-0.4, -0.2) is 49.5 Å². The summed E-state index contributed by atoms with van der Waals surface area (Å²) in [6, 6.07) is 10.7. The Bertz CT molecular complexity index is 827. The third-order valence-electron chi connectivity index (χ3n) is 4.60. The van der Waals surface area contributed by atoms with E-state index in [-0.39, 0.29) is 26.4 Å². The highest BCUT2D eigenvalue weighted by Crippen LogP contribution is 2.60. The molecule has 0 aliphatic rings. The molecule has 0 saturated carbocycles. The Morgan fingerprint density at radius 3 is 1.29 bits per heavy atom. The van der Waals surface area contributed by atoms with Crippen molar-refractivity contribution < 1.29 is 27.2 Å². The molecule has 34 heavy (non-hydrogen) atoms. The van der Waals surface area contributed by atoms with Gasteiger partial charge in [0.25, 0.3) is 0 Å². The highest BCUT2D eigenvalue weighted by molar-refractivity contribution is 7.54. The summed E-state index contributed by atoms with van der Waals surface area (Å²) in [6.45, 7) is 8.65. The first-order chi connectivity index (χ1) is 16.4. The van der Waals surface area contributed by atoms with Gasteiger partial charge in [0.1, 0.15) is 0 Å². The SMILES string of the molecule is CCOP(=O)(OCC)C(NCCNC(c1ccccn1)P(=O)(OCC)OCC)c1ccccn1. The summed E-state index contributed by atoms with van der Waals surface area (Å²) >= 11 is 0. The van der Waals surface area contributed by atoms with Gasteiger partial charge in [0, 0.05) is 25.5 Å². The van der Waals surface area contributed by atoms with E-state index in [0.29, 0.717) is 24.5 Å². The maximum absolute atomic E-state index is 13.5. The molecule has 2 aromatic heterocycles. The number of aromatic nitrogens is 2. The summed E-state index contributed by atoms with van der Waals surface area (Å²) < 4.78 is 49.3. The monoisotopic (exact) mass is 514 g/mol. The molecule has 2 rings (SSSR count). The lowest BCUT2D eigenvalue weighted by Gasteiger charge is -2.28. The van der Waals surface area contributed by atoms with Gasteiger partial charge in [0.05, 0.1) is 37.8 Å². The Hall–Kier alpha value is -1.48. The first-order valence-electron chi connectivity index (χ1n) is 11.5. The Kier molecular flexibility index (Phi) is 12.5. The molecular formula is C22H36N4O6P2. The van der Waals surface area contributed by atoms with Gasteiger partial charge in [-0.05, 0) is 52.0 Å². The van der Waals surface area contributed by atoms with Gasteiger partial charge in [-0.1, -0.05) is 12.1 Å². The average molecular weight is 515 g/mol. The van der Waals surface area contributed by atoms with Gasteiger partial charge in [-0.3, -0.25) is 29.7 Å². The van der Waals surface area contributed by atoms with Crippen LogP contribution < -0.4 is 10.6 Å². The Morgan fingerprint density at radius 1 is 0.676 bits per heavy atom. The standard InChI is InChI=1S/C22H36N4O6P2/c1-5-29-33(27,30-6-2)21(19-13-9-11-15-23-19)25-17-18-26-22(20-14-10-12-16-24-20)34(28,31-7-3)32-8-4/h9-16,21-22,25-26H,5-8,17-18H2,1-4H3. The van der Waals surface area contributed by atoms with Gasteiger partial charge >= 0.3 is 15.2 Å². The number of nitrogens with one attached hydrogen (secondary N) is 2. The van der Waals surface area contributed by atoms with Crippen LogP contribution in [0.2, 0.25) is 0 Å². The van der Waals surface area contributed by atoms with E-state index >= 15 is 0 Å². The molecule has 0 saturated heterocycles. The normalized spacial score (nSPS) is 14.1. The van der Waals surface area contributed by atoms with E-state index in [1.165, 1.54) is 0 Å². The zero-order chi connectivity index (χ0) is 24.9. The molecule has 0 aliphatic heterocycles. The van der Waals surface area contributed by atoms with E-state index < -0.39 is 26.8 Å². The second-order valence-corrected chi connectivity index (χ2v) is 11.2. The van der Waals surface area contributed by atoms with E-state index in [0.717, 1.165) is 0 Å². The van der Waals surface area contributed by atoms with Crippen molar-refractivity contribution >= 4 is 15.2 Å². The molecule has 0 radical (unpaired) electrons. The van der Waals surface area contributed by atoms with Gasteiger partial charge in [0.2, 0.25) is 0 Å². The van der Waals surface area contributed by atoms with Crippen LogP contribution in [0.15, 0.2) is 48.8 Å². The molecular weight excluding hydrogens is 478 g/mol. The maximum atomic E-state index is 13.5. The van der Waals surface area contributed by atoms with Crippen LogP contribution >= 0.6 is 15.2 Å². The van der Waals surface area contributed by atoms with Crippen molar-refractivity contribution in [3.63, 3.8) is 0 Å². The first-order valence-corrected chi connectivity index (χ1v) is 14.7. The number of hydrogen-bond donors (Lipinski definition) is 2. The van der Waals surface area contributed by atoms with Crippen molar-refractivity contribution in [3.05, 3.63) is 60.2 Å². The van der Waals surface area contributed by atoms with Gasteiger partial charge in [-0.15, -0.1) is 0 Å². The van der Waals surface area contributed by atoms with Crippen LogP contribution in [0.1, 0.15) is 50.6 Å². The molecule has 2 aromatic rings. The smallest absolute Gasteiger partial charge is 0.308 e. The summed E-state index contributed by atoms with van der Waals surface area (Å²) in [7, 11) is -7.09. The molecule has 0 spiro atoms. The fourth-order valence-corrected chi connectivity index (χ4v) is 7.19. The van der Waals surface area contributed by atoms with Crippen molar-refractivity contribution in [3.8, 4) is 0 Å². The quantitative estimate of drug-likeness (QED) is 0.223. The molecule has 12 heteroatoms. The predicted molar refractivity (Wildman–Crippen MR) is 132 cm³/mol. The summed E-state index contributed by atoms with van der Waals surface area (Å²) in [6.07, 6.45) is 3.25. The molecule has 190 valence electrons. The lowest BCUT2D eigenvalue weighted by molar-refractivity contribution is 0.203. The first kappa shape index (κ1) is 28.8. The van der Waals surface area contributed by atoms with Crippen LogP contribution in [0.25, 0.3) is 0 Å². The fraction of sp³-hybridized carbons (Fsp3) is 0.545. The number of pyridine rings is 2. The van der Waals surface area contributed by atoms with Gasteiger partial charge < -0.3 is 18.1 Å². The lowest BCUT2D eigenvalue weighted by Crippen LogP contribution is -2.34. The van der Waals surface area contributed by atoms with E-state index in [1.807, 2.05) is 12.1 Å². The molecule has 0 aromatic carbocycles.